The van der Waals surface area contributed by atoms with Crippen LogP contribution in [0.4, 0.5) is 0 Å². The lowest BCUT2D eigenvalue weighted by atomic mass is 10.0. The Bertz CT molecular complexity index is 595. The Morgan fingerprint density at radius 1 is 1.21 bits per heavy atom. The maximum atomic E-state index is 12.4. The first-order valence-electron chi connectivity index (χ1n) is 6.78. The quantitative estimate of drug-likeness (QED) is 0.844. The molecule has 2 aliphatic rings. The van der Waals surface area contributed by atoms with Crippen molar-refractivity contribution >= 4 is 17.3 Å². The molecule has 0 spiro atoms. The minimum Gasteiger partial charge on any atom is -0.350 e. The molecule has 1 aromatic carbocycles. The van der Waals surface area contributed by atoms with Crippen LogP contribution in [0.15, 0.2) is 29.8 Å². The van der Waals surface area contributed by atoms with E-state index >= 15 is 0 Å². The zero-order valence-corrected chi connectivity index (χ0v) is 11.2. The average Bonchev–Trinajstić information content (AvgIpc) is 3.14. The molecule has 0 atom stereocenters. The summed E-state index contributed by atoms with van der Waals surface area (Å²) in [6, 6.07) is 7.59. The van der Waals surface area contributed by atoms with Crippen LogP contribution in [0.25, 0.3) is 5.57 Å². The van der Waals surface area contributed by atoms with E-state index in [1.807, 2.05) is 38.1 Å². The third kappa shape index (κ3) is 1.99. The number of nitrogens with one attached hydrogen (secondary N) is 1. The number of fused-ring (bicyclic) bond motifs is 1. The molecular formula is C16H17NO2. The highest BCUT2D eigenvalue weighted by Gasteiger charge is 2.40. The van der Waals surface area contributed by atoms with Crippen LogP contribution in [0, 0.1) is 5.92 Å². The Balaban J connectivity index is 2.08. The number of ketones is 1. The predicted molar refractivity (Wildman–Crippen MR) is 73.7 cm³/mol. The molecule has 1 amide bonds. The van der Waals surface area contributed by atoms with E-state index in [-0.39, 0.29) is 17.7 Å². The third-order valence-electron chi connectivity index (χ3n) is 3.59. The van der Waals surface area contributed by atoms with Gasteiger partial charge in [-0.1, -0.05) is 24.3 Å². The second kappa shape index (κ2) is 4.34. The topological polar surface area (TPSA) is 46.2 Å². The summed E-state index contributed by atoms with van der Waals surface area (Å²) in [6.45, 7) is 3.81. The Hall–Kier alpha value is -1.90. The van der Waals surface area contributed by atoms with Crippen LogP contribution in [0.5, 0.6) is 0 Å². The minimum absolute atomic E-state index is 0.0389. The van der Waals surface area contributed by atoms with E-state index in [2.05, 4.69) is 5.32 Å². The monoisotopic (exact) mass is 255 g/mol. The van der Waals surface area contributed by atoms with E-state index in [9.17, 15) is 9.59 Å². The van der Waals surface area contributed by atoms with E-state index in [1.54, 1.807) is 0 Å². The largest absolute Gasteiger partial charge is 0.350 e. The van der Waals surface area contributed by atoms with Gasteiger partial charge in [-0.3, -0.25) is 9.59 Å². The lowest BCUT2D eigenvalue weighted by Gasteiger charge is -2.10. The molecule has 2 aliphatic carbocycles. The molecule has 0 aliphatic heterocycles. The summed E-state index contributed by atoms with van der Waals surface area (Å²) in [5.74, 6) is 0.0502. The van der Waals surface area contributed by atoms with Gasteiger partial charge in [-0.15, -0.1) is 0 Å². The number of allylic oxidation sites excluding steroid dienone is 1. The summed E-state index contributed by atoms with van der Waals surface area (Å²) in [5, 5.41) is 2.84. The third-order valence-corrected chi connectivity index (χ3v) is 3.59. The lowest BCUT2D eigenvalue weighted by molar-refractivity contribution is -0.117. The minimum atomic E-state index is -0.224. The summed E-state index contributed by atoms with van der Waals surface area (Å²) in [4.78, 5) is 24.7. The average molecular weight is 255 g/mol. The van der Waals surface area contributed by atoms with Gasteiger partial charge in [0.1, 0.15) is 0 Å². The molecule has 1 N–H and O–H groups in total. The van der Waals surface area contributed by atoms with Gasteiger partial charge in [-0.2, -0.15) is 0 Å². The molecule has 1 saturated carbocycles. The van der Waals surface area contributed by atoms with Crippen LogP contribution < -0.4 is 5.32 Å². The van der Waals surface area contributed by atoms with Gasteiger partial charge in [0.05, 0.1) is 5.57 Å². The molecule has 1 aromatic rings. The van der Waals surface area contributed by atoms with Crippen molar-refractivity contribution in [3.63, 3.8) is 0 Å². The normalized spacial score (nSPS) is 17.9. The molecule has 3 rings (SSSR count). The van der Waals surface area contributed by atoms with Crippen LogP contribution in [0.1, 0.15) is 42.6 Å². The standard InChI is InChI=1S/C16H17NO2/c1-9(2)17-16(19)14-13(10-7-8-10)11-5-3-4-6-12(11)15(14)18/h3-6,9-10H,7-8H2,1-2H3,(H,17,19). The first-order valence-corrected chi connectivity index (χ1v) is 6.78. The molecule has 19 heavy (non-hydrogen) atoms. The maximum Gasteiger partial charge on any atom is 0.255 e. The number of carbonyl (C=O) groups excluding carboxylic acids is 2. The fourth-order valence-corrected chi connectivity index (χ4v) is 2.66. The molecular weight excluding hydrogens is 238 g/mol. The molecule has 0 heterocycles. The van der Waals surface area contributed by atoms with E-state index in [0.29, 0.717) is 17.1 Å². The van der Waals surface area contributed by atoms with Gasteiger partial charge < -0.3 is 5.32 Å². The van der Waals surface area contributed by atoms with Crippen LogP contribution in [0.2, 0.25) is 0 Å². The van der Waals surface area contributed by atoms with Crippen LogP contribution in [0.3, 0.4) is 0 Å². The molecule has 0 bridgehead atoms. The van der Waals surface area contributed by atoms with Crippen molar-refractivity contribution in [2.45, 2.75) is 32.7 Å². The highest BCUT2D eigenvalue weighted by atomic mass is 16.2. The maximum absolute atomic E-state index is 12.4. The van der Waals surface area contributed by atoms with Gasteiger partial charge >= 0.3 is 0 Å². The number of rotatable bonds is 3. The number of Topliss-reactive ketones (excluding diaryl/α,β-unsaturated/α-hetero) is 1. The van der Waals surface area contributed by atoms with Gasteiger partial charge in [0, 0.05) is 11.6 Å². The van der Waals surface area contributed by atoms with Crippen LogP contribution in [-0.2, 0) is 4.79 Å². The lowest BCUT2D eigenvalue weighted by Crippen LogP contribution is -2.33. The van der Waals surface area contributed by atoms with Crippen molar-refractivity contribution in [2.24, 2.45) is 5.92 Å². The highest BCUT2D eigenvalue weighted by Crippen LogP contribution is 2.48. The van der Waals surface area contributed by atoms with Crippen LogP contribution in [-0.4, -0.2) is 17.7 Å². The van der Waals surface area contributed by atoms with Gasteiger partial charge in [0.15, 0.2) is 5.78 Å². The first-order chi connectivity index (χ1) is 9.09. The van der Waals surface area contributed by atoms with Crippen molar-refractivity contribution in [3.05, 3.63) is 41.0 Å². The number of carbonyl (C=O) groups is 2. The molecule has 3 nitrogen and oxygen atoms in total. The van der Waals surface area contributed by atoms with Gasteiger partial charge in [-0.05, 0) is 43.7 Å². The fraction of sp³-hybridized carbons (Fsp3) is 0.375. The molecule has 1 fully saturated rings. The Kier molecular flexibility index (Phi) is 2.77. The SMILES string of the molecule is CC(C)NC(=O)C1=C(C2CC2)c2ccccc2C1=O. The summed E-state index contributed by atoms with van der Waals surface area (Å²) in [5.41, 5.74) is 2.98. The number of amides is 1. The molecule has 98 valence electrons. The smallest absolute Gasteiger partial charge is 0.255 e. The van der Waals surface area contributed by atoms with E-state index in [1.165, 1.54) is 0 Å². The zero-order chi connectivity index (χ0) is 13.6. The summed E-state index contributed by atoms with van der Waals surface area (Å²) in [6.07, 6.45) is 2.16. The molecule has 0 saturated heterocycles. The predicted octanol–water partition coefficient (Wildman–Crippen LogP) is 2.57. The summed E-state index contributed by atoms with van der Waals surface area (Å²) in [7, 11) is 0. The fourth-order valence-electron chi connectivity index (χ4n) is 2.66. The van der Waals surface area contributed by atoms with Gasteiger partial charge in [-0.25, -0.2) is 0 Å². The van der Waals surface area contributed by atoms with Crippen molar-refractivity contribution in [1.82, 2.24) is 5.32 Å². The van der Waals surface area contributed by atoms with E-state index in [0.717, 1.165) is 24.0 Å². The second-order valence-electron chi connectivity index (χ2n) is 5.57. The Morgan fingerprint density at radius 2 is 1.84 bits per heavy atom. The van der Waals surface area contributed by atoms with Gasteiger partial charge in [0.25, 0.3) is 5.91 Å². The van der Waals surface area contributed by atoms with Crippen molar-refractivity contribution in [2.75, 3.05) is 0 Å². The Labute approximate surface area is 112 Å². The zero-order valence-electron chi connectivity index (χ0n) is 11.2. The van der Waals surface area contributed by atoms with E-state index < -0.39 is 0 Å². The number of benzene rings is 1. The number of hydrogen-bond donors (Lipinski definition) is 1. The second-order valence-corrected chi connectivity index (χ2v) is 5.57. The highest BCUT2D eigenvalue weighted by molar-refractivity contribution is 6.34. The molecule has 3 heteroatoms. The number of hydrogen-bond acceptors (Lipinski definition) is 2. The molecule has 0 unspecified atom stereocenters. The summed E-state index contributed by atoms with van der Waals surface area (Å²) < 4.78 is 0. The van der Waals surface area contributed by atoms with Crippen molar-refractivity contribution in [3.8, 4) is 0 Å². The molecule has 0 radical (unpaired) electrons. The van der Waals surface area contributed by atoms with E-state index in [4.69, 9.17) is 0 Å². The first kappa shape index (κ1) is 12.2. The van der Waals surface area contributed by atoms with Gasteiger partial charge in [0.2, 0.25) is 0 Å². The summed E-state index contributed by atoms with van der Waals surface area (Å²) >= 11 is 0. The van der Waals surface area contributed by atoms with Crippen molar-refractivity contribution < 1.29 is 9.59 Å². The Morgan fingerprint density at radius 3 is 2.42 bits per heavy atom. The van der Waals surface area contributed by atoms with Crippen LogP contribution >= 0.6 is 0 Å². The molecule has 0 aromatic heterocycles. The van der Waals surface area contributed by atoms with Crippen molar-refractivity contribution in [1.29, 1.82) is 0 Å².